The highest BCUT2D eigenvalue weighted by Crippen LogP contribution is 2.22. The van der Waals surface area contributed by atoms with Gasteiger partial charge < -0.3 is 5.32 Å². The molecule has 120 valence electrons. The minimum absolute atomic E-state index is 0.512. The lowest BCUT2D eigenvalue weighted by molar-refractivity contribution is 0.584. The van der Waals surface area contributed by atoms with Gasteiger partial charge in [-0.2, -0.15) is 0 Å². The van der Waals surface area contributed by atoms with Gasteiger partial charge in [-0.25, -0.2) is 8.78 Å². The molecule has 0 aliphatic carbocycles. The number of halogens is 2. The molecule has 0 heterocycles. The second-order valence-corrected chi connectivity index (χ2v) is 6.67. The van der Waals surface area contributed by atoms with Crippen LogP contribution in [-0.4, -0.2) is 11.1 Å². The monoisotopic (exact) mass is 315 g/mol. The Morgan fingerprint density at radius 1 is 1.00 bits per heavy atom. The fraction of sp³-hybridized carbons (Fsp3) is 0.647. The molecule has 0 bridgehead atoms. The topological polar surface area (TPSA) is 12.0 Å². The van der Waals surface area contributed by atoms with Crippen LogP contribution in [0.4, 0.5) is 14.5 Å². The molecule has 0 spiro atoms. The molecule has 0 aromatic heterocycles. The average Bonchev–Trinajstić information content (AvgIpc) is 2.44. The van der Waals surface area contributed by atoms with E-state index in [2.05, 4.69) is 19.2 Å². The van der Waals surface area contributed by atoms with Crippen molar-refractivity contribution in [3.05, 3.63) is 29.8 Å². The highest BCUT2D eigenvalue weighted by Gasteiger charge is 2.07. The molecule has 1 aromatic carbocycles. The molecular weight excluding hydrogens is 288 g/mol. The van der Waals surface area contributed by atoms with Gasteiger partial charge in [0.2, 0.25) is 0 Å². The van der Waals surface area contributed by atoms with Gasteiger partial charge in [0.1, 0.15) is 11.6 Å². The minimum Gasteiger partial charge on any atom is -0.376 e. The van der Waals surface area contributed by atoms with Gasteiger partial charge in [0, 0.05) is 17.0 Å². The zero-order valence-electron chi connectivity index (χ0n) is 13.1. The van der Waals surface area contributed by atoms with E-state index in [1.54, 1.807) is 0 Å². The lowest BCUT2D eigenvalue weighted by atomic mass is 10.1. The van der Waals surface area contributed by atoms with Crippen molar-refractivity contribution in [1.29, 1.82) is 0 Å². The van der Waals surface area contributed by atoms with E-state index in [1.807, 2.05) is 11.8 Å². The number of hydrogen-bond acceptors (Lipinski definition) is 2. The number of nitrogens with one attached hydrogen (secondary N) is 1. The Balaban J connectivity index is 2.22. The summed E-state index contributed by atoms with van der Waals surface area (Å²) in [6.45, 7) is 4.43. The molecule has 0 aliphatic rings. The maximum absolute atomic E-state index is 13.1. The fourth-order valence-corrected chi connectivity index (χ4v) is 3.33. The van der Waals surface area contributed by atoms with Gasteiger partial charge in [0.15, 0.2) is 0 Å². The standard InChI is InChI=1S/C17H27F2NS/c1-3-5-6-7-8-9-17(4-2)21-13-20-16-11-14(18)10-15(19)12-16/h10-12,17,20H,3-9,13H2,1-2H3/t17-/m1/s1. The molecule has 1 N–H and O–H groups in total. The molecule has 0 saturated heterocycles. The summed E-state index contributed by atoms with van der Waals surface area (Å²) in [5, 5.41) is 3.71. The number of rotatable bonds is 11. The van der Waals surface area contributed by atoms with Gasteiger partial charge in [-0.1, -0.05) is 46.0 Å². The van der Waals surface area contributed by atoms with Crippen LogP contribution >= 0.6 is 11.8 Å². The van der Waals surface area contributed by atoms with Crippen molar-refractivity contribution in [2.75, 3.05) is 11.2 Å². The number of anilines is 1. The molecule has 1 rings (SSSR count). The predicted octanol–water partition coefficient (Wildman–Crippen LogP) is 6.21. The summed E-state index contributed by atoms with van der Waals surface area (Å²) >= 11 is 1.84. The van der Waals surface area contributed by atoms with E-state index in [1.165, 1.54) is 50.7 Å². The third-order valence-corrected chi connectivity index (χ3v) is 4.89. The molecule has 1 aromatic rings. The molecule has 1 nitrogen and oxygen atoms in total. The third kappa shape index (κ3) is 8.30. The van der Waals surface area contributed by atoms with Crippen LogP contribution in [0.1, 0.15) is 58.8 Å². The van der Waals surface area contributed by atoms with Gasteiger partial charge in [-0.15, -0.1) is 11.8 Å². The van der Waals surface area contributed by atoms with Crippen molar-refractivity contribution in [2.45, 2.75) is 64.0 Å². The van der Waals surface area contributed by atoms with Gasteiger partial charge in [-0.05, 0) is 25.0 Å². The van der Waals surface area contributed by atoms with Crippen molar-refractivity contribution in [3.8, 4) is 0 Å². The molecule has 1 atom stereocenters. The third-order valence-electron chi connectivity index (χ3n) is 3.54. The van der Waals surface area contributed by atoms with Crippen LogP contribution in [0, 0.1) is 11.6 Å². The maximum Gasteiger partial charge on any atom is 0.128 e. The molecule has 4 heteroatoms. The average molecular weight is 315 g/mol. The van der Waals surface area contributed by atoms with Crippen LogP contribution in [-0.2, 0) is 0 Å². The normalized spacial score (nSPS) is 12.4. The molecular formula is C17H27F2NS. The van der Waals surface area contributed by atoms with Crippen molar-refractivity contribution >= 4 is 17.4 Å². The smallest absolute Gasteiger partial charge is 0.128 e. The molecule has 0 radical (unpaired) electrons. The van der Waals surface area contributed by atoms with Crippen LogP contribution in [0.25, 0.3) is 0 Å². The Morgan fingerprint density at radius 2 is 1.67 bits per heavy atom. The van der Waals surface area contributed by atoms with E-state index in [4.69, 9.17) is 0 Å². The Bertz CT molecular complexity index is 378. The van der Waals surface area contributed by atoms with Gasteiger partial charge in [0.05, 0.1) is 5.88 Å². The van der Waals surface area contributed by atoms with Crippen molar-refractivity contribution < 1.29 is 8.78 Å². The van der Waals surface area contributed by atoms with Gasteiger partial charge in [0.25, 0.3) is 0 Å². The zero-order chi connectivity index (χ0) is 15.5. The Morgan fingerprint density at radius 3 is 2.29 bits per heavy atom. The van der Waals surface area contributed by atoms with E-state index in [0.29, 0.717) is 16.8 Å². The summed E-state index contributed by atoms with van der Waals surface area (Å²) in [5.74, 6) is -0.382. The first-order valence-corrected chi connectivity index (χ1v) is 9.02. The number of thioether (sulfide) groups is 1. The van der Waals surface area contributed by atoms with Crippen LogP contribution < -0.4 is 5.32 Å². The quantitative estimate of drug-likeness (QED) is 0.385. The Kier molecular flexibility index (Phi) is 9.48. The summed E-state index contributed by atoms with van der Waals surface area (Å²) in [6, 6.07) is 3.55. The van der Waals surface area contributed by atoms with E-state index >= 15 is 0 Å². The summed E-state index contributed by atoms with van der Waals surface area (Å²) < 4.78 is 26.1. The maximum atomic E-state index is 13.1. The minimum atomic E-state index is -0.537. The number of unbranched alkanes of at least 4 members (excludes halogenated alkanes) is 4. The zero-order valence-corrected chi connectivity index (χ0v) is 13.9. The summed E-state index contributed by atoms with van der Waals surface area (Å²) in [5.41, 5.74) is 0.512. The van der Waals surface area contributed by atoms with E-state index in [9.17, 15) is 8.78 Å². The first kappa shape index (κ1) is 18.3. The lowest BCUT2D eigenvalue weighted by Crippen LogP contribution is -2.07. The summed E-state index contributed by atoms with van der Waals surface area (Å²) in [7, 11) is 0. The molecule has 21 heavy (non-hydrogen) atoms. The second-order valence-electron chi connectivity index (χ2n) is 5.38. The lowest BCUT2D eigenvalue weighted by Gasteiger charge is -2.15. The highest BCUT2D eigenvalue weighted by molar-refractivity contribution is 7.99. The number of hydrogen-bond donors (Lipinski definition) is 1. The van der Waals surface area contributed by atoms with Gasteiger partial charge >= 0.3 is 0 Å². The van der Waals surface area contributed by atoms with Crippen LogP contribution in [0.5, 0.6) is 0 Å². The Labute approximate surface area is 131 Å². The summed E-state index contributed by atoms with van der Waals surface area (Å²) in [6.07, 6.45) is 8.89. The number of benzene rings is 1. The molecule has 0 saturated carbocycles. The van der Waals surface area contributed by atoms with Crippen LogP contribution in [0.15, 0.2) is 18.2 Å². The summed E-state index contributed by atoms with van der Waals surface area (Å²) in [4.78, 5) is 0. The van der Waals surface area contributed by atoms with Crippen LogP contribution in [0.2, 0.25) is 0 Å². The molecule has 0 fully saturated rings. The van der Waals surface area contributed by atoms with Crippen molar-refractivity contribution in [2.24, 2.45) is 0 Å². The first-order chi connectivity index (χ1) is 10.2. The highest BCUT2D eigenvalue weighted by atomic mass is 32.2. The first-order valence-electron chi connectivity index (χ1n) is 7.97. The van der Waals surface area contributed by atoms with Crippen molar-refractivity contribution in [3.63, 3.8) is 0 Å². The van der Waals surface area contributed by atoms with Gasteiger partial charge in [-0.3, -0.25) is 0 Å². The van der Waals surface area contributed by atoms with Crippen molar-refractivity contribution in [1.82, 2.24) is 0 Å². The predicted molar refractivity (Wildman–Crippen MR) is 89.9 cm³/mol. The van der Waals surface area contributed by atoms with E-state index < -0.39 is 11.6 Å². The molecule has 0 amide bonds. The molecule has 0 aliphatic heterocycles. The molecule has 0 unspecified atom stereocenters. The van der Waals surface area contributed by atoms with E-state index in [0.717, 1.165) is 12.5 Å². The fourth-order valence-electron chi connectivity index (χ4n) is 2.28. The largest absolute Gasteiger partial charge is 0.376 e. The second kappa shape index (κ2) is 10.9. The van der Waals surface area contributed by atoms with E-state index in [-0.39, 0.29) is 0 Å². The van der Waals surface area contributed by atoms with Crippen LogP contribution in [0.3, 0.4) is 0 Å². The Hall–Kier alpha value is -0.770. The SMILES string of the molecule is CCCCCCC[C@@H](CC)SCNc1cc(F)cc(F)c1.